The van der Waals surface area contributed by atoms with Gasteiger partial charge in [0.15, 0.2) is 5.82 Å². The summed E-state index contributed by atoms with van der Waals surface area (Å²) < 4.78 is 57.5. The van der Waals surface area contributed by atoms with Gasteiger partial charge in [-0.15, -0.1) is 12.4 Å². The maximum Gasteiger partial charge on any atom is 0.257 e. The SMILES string of the molecule is CCCS(=O)(=O)N(C(=O)[C@H](N)C(C)C)c1ccc(F)c(C(=O)c2c[nH]c3ncc(-c4ccc(Cl)cc4)cc23)c1F.Cl. The maximum absolute atomic E-state index is 16.0. The molecule has 0 saturated carbocycles. The number of halogens is 4. The highest BCUT2D eigenvalue weighted by molar-refractivity contribution is 7.93. The zero-order valence-corrected chi connectivity index (χ0v) is 24.7. The first kappa shape index (κ1) is 32.1. The number of H-pyrrole nitrogens is 1. The van der Waals surface area contributed by atoms with Crippen molar-refractivity contribution in [2.75, 3.05) is 10.1 Å². The summed E-state index contributed by atoms with van der Waals surface area (Å²) in [4.78, 5) is 33.9. The van der Waals surface area contributed by atoms with Gasteiger partial charge in [-0.2, -0.15) is 0 Å². The first-order valence-electron chi connectivity index (χ1n) is 12.5. The van der Waals surface area contributed by atoms with Crippen molar-refractivity contribution in [3.63, 3.8) is 0 Å². The molecule has 1 atom stereocenters. The fourth-order valence-corrected chi connectivity index (χ4v) is 5.87. The summed E-state index contributed by atoms with van der Waals surface area (Å²) in [6, 6.07) is 8.80. The predicted octanol–water partition coefficient (Wildman–Crippen LogP) is 5.87. The molecule has 3 N–H and O–H groups in total. The standard InChI is InChI=1S/C28H27ClF2N4O4S.ClH/c1-4-11-40(38,39)35(28(37)25(32)15(2)3)22-10-9-21(30)23(24(22)31)26(36)20-14-34-27-19(20)12-17(13-33-27)16-5-7-18(29)8-6-16;/h5-10,12-15,25H,4,11,32H2,1-3H3,(H,33,34);1H/t25-;/m1./s1. The number of nitrogens with one attached hydrogen (secondary N) is 1. The molecule has 4 aromatic rings. The van der Waals surface area contributed by atoms with Crippen LogP contribution in [0.2, 0.25) is 5.02 Å². The minimum Gasteiger partial charge on any atom is -0.345 e. The van der Waals surface area contributed by atoms with Crippen molar-refractivity contribution in [2.24, 2.45) is 11.7 Å². The molecule has 0 bridgehead atoms. The lowest BCUT2D eigenvalue weighted by atomic mass is 9.99. The number of aromatic amines is 1. The maximum atomic E-state index is 16.0. The molecule has 4 rings (SSSR count). The third-order valence-corrected chi connectivity index (χ3v) is 8.52. The Labute approximate surface area is 247 Å². The van der Waals surface area contributed by atoms with Crippen molar-refractivity contribution < 1.29 is 26.8 Å². The second-order valence-electron chi connectivity index (χ2n) is 9.60. The Kier molecular flexibility index (Phi) is 9.91. The van der Waals surface area contributed by atoms with Gasteiger partial charge in [-0.1, -0.05) is 44.5 Å². The summed E-state index contributed by atoms with van der Waals surface area (Å²) in [6.45, 7) is 4.78. The molecule has 2 aromatic heterocycles. The summed E-state index contributed by atoms with van der Waals surface area (Å²) >= 11 is 5.97. The molecule has 0 aliphatic carbocycles. The van der Waals surface area contributed by atoms with Crippen LogP contribution in [0.15, 0.2) is 54.9 Å². The zero-order valence-electron chi connectivity index (χ0n) is 22.3. The molecular formula is C28H28Cl2F2N4O4S. The molecule has 8 nitrogen and oxygen atoms in total. The van der Waals surface area contributed by atoms with Gasteiger partial charge in [-0.05, 0) is 48.2 Å². The number of anilines is 1. The third-order valence-electron chi connectivity index (χ3n) is 6.41. The number of hydrogen-bond acceptors (Lipinski definition) is 6. The van der Waals surface area contributed by atoms with E-state index in [-0.39, 0.29) is 34.1 Å². The number of amides is 1. The van der Waals surface area contributed by atoms with E-state index in [0.717, 1.165) is 17.7 Å². The highest BCUT2D eigenvalue weighted by Gasteiger charge is 2.37. The third kappa shape index (κ3) is 6.28. The van der Waals surface area contributed by atoms with E-state index in [1.54, 1.807) is 57.3 Å². The number of sulfonamides is 1. The number of rotatable bonds is 9. The van der Waals surface area contributed by atoms with E-state index in [0.29, 0.717) is 16.2 Å². The van der Waals surface area contributed by atoms with Crippen LogP contribution < -0.4 is 10.0 Å². The molecule has 0 radical (unpaired) electrons. The molecule has 0 fully saturated rings. The van der Waals surface area contributed by atoms with Crippen LogP contribution >= 0.6 is 24.0 Å². The number of hydrogen-bond donors (Lipinski definition) is 2. The van der Waals surface area contributed by atoms with Gasteiger partial charge in [-0.3, -0.25) is 9.59 Å². The van der Waals surface area contributed by atoms with Crippen LogP contribution in [-0.2, 0) is 14.8 Å². The Hall–Kier alpha value is -3.38. The molecular weight excluding hydrogens is 597 g/mol. The fraction of sp³-hybridized carbons (Fsp3) is 0.250. The highest BCUT2D eigenvalue weighted by Crippen LogP contribution is 2.32. The highest BCUT2D eigenvalue weighted by atomic mass is 35.5. The van der Waals surface area contributed by atoms with Crippen molar-refractivity contribution in [1.29, 1.82) is 0 Å². The second kappa shape index (κ2) is 12.6. The van der Waals surface area contributed by atoms with Crippen LogP contribution in [0.25, 0.3) is 22.2 Å². The lowest BCUT2D eigenvalue weighted by Gasteiger charge is -2.27. The summed E-state index contributed by atoms with van der Waals surface area (Å²) in [5.74, 6) is -5.85. The van der Waals surface area contributed by atoms with Crippen LogP contribution in [0.5, 0.6) is 0 Å². The summed E-state index contributed by atoms with van der Waals surface area (Å²) in [5.41, 5.74) is 5.71. The van der Waals surface area contributed by atoms with Gasteiger partial charge >= 0.3 is 0 Å². The Morgan fingerprint density at radius 2 is 1.76 bits per heavy atom. The van der Waals surface area contributed by atoms with E-state index < -0.39 is 62.3 Å². The normalized spacial score (nSPS) is 12.3. The molecule has 2 heterocycles. The number of nitrogens with two attached hydrogens (primary N) is 1. The van der Waals surface area contributed by atoms with Crippen molar-refractivity contribution in [3.05, 3.63) is 82.6 Å². The molecule has 41 heavy (non-hydrogen) atoms. The second-order valence-corrected chi connectivity index (χ2v) is 12.0. The molecule has 0 aliphatic rings. The lowest BCUT2D eigenvalue weighted by molar-refractivity contribution is -0.119. The minimum atomic E-state index is -4.40. The minimum absolute atomic E-state index is 0. The van der Waals surface area contributed by atoms with E-state index in [1.165, 1.54) is 6.20 Å². The molecule has 0 spiro atoms. The van der Waals surface area contributed by atoms with E-state index in [1.807, 2.05) is 0 Å². The van der Waals surface area contributed by atoms with E-state index in [9.17, 15) is 18.0 Å². The Morgan fingerprint density at radius 1 is 1.10 bits per heavy atom. The number of benzene rings is 2. The van der Waals surface area contributed by atoms with Crippen LogP contribution in [-0.4, -0.2) is 41.9 Å². The smallest absolute Gasteiger partial charge is 0.257 e. The van der Waals surface area contributed by atoms with E-state index >= 15 is 8.78 Å². The van der Waals surface area contributed by atoms with E-state index in [2.05, 4.69) is 9.97 Å². The lowest BCUT2D eigenvalue weighted by Crippen LogP contribution is -2.50. The van der Waals surface area contributed by atoms with Gasteiger partial charge < -0.3 is 10.7 Å². The number of fused-ring (bicyclic) bond motifs is 1. The largest absolute Gasteiger partial charge is 0.345 e. The summed E-state index contributed by atoms with van der Waals surface area (Å²) in [5, 5.41) is 0.818. The van der Waals surface area contributed by atoms with Crippen molar-refractivity contribution in [2.45, 2.75) is 33.2 Å². The number of pyridine rings is 1. The number of carbonyl (C=O) groups excluding carboxylic acids is 2. The summed E-state index contributed by atoms with van der Waals surface area (Å²) in [6.07, 6.45) is 2.96. The predicted molar refractivity (Wildman–Crippen MR) is 158 cm³/mol. The molecule has 0 saturated heterocycles. The molecule has 13 heteroatoms. The van der Waals surface area contributed by atoms with Crippen molar-refractivity contribution in [1.82, 2.24) is 9.97 Å². The molecule has 2 aromatic carbocycles. The topological polar surface area (TPSA) is 126 Å². The van der Waals surface area contributed by atoms with Crippen LogP contribution in [0, 0.1) is 17.6 Å². The van der Waals surface area contributed by atoms with Gasteiger partial charge in [-0.25, -0.2) is 26.5 Å². The van der Waals surface area contributed by atoms with Crippen LogP contribution in [0.3, 0.4) is 0 Å². The molecule has 1 amide bonds. The van der Waals surface area contributed by atoms with E-state index in [4.69, 9.17) is 17.3 Å². The Bertz CT molecular complexity index is 1710. The van der Waals surface area contributed by atoms with Gasteiger partial charge in [0.1, 0.15) is 11.5 Å². The Balaban J connectivity index is 0.00000462. The van der Waals surface area contributed by atoms with Crippen molar-refractivity contribution in [3.8, 4) is 11.1 Å². The van der Waals surface area contributed by atoms with Crippen LogP contribution in [0.1, 0.15) is 43.1 Å². The fourth-order valence-electron chi connectivity index (χ4n) is 4.21. The van der Waals surface area contributed by atoms with Gasteiger partial charge in [0.05, 0.1) is 23.0 Å². The van der Waals surface area contributed by atoms with Gasteiger partial charge in [0.2, 0.25) is 15.8 Å². The molecule has 218 valence electrons. The van der Waals surface area contributed by atoms with Gasteiger partial charge in [0, 0.05) is 33.9 Å². The molecule has 0 unspecified atom stereocenters. The zero-order chi connectivity index (χ0) is 29.4. The number of aromatic nitrogens is 2. The average Bonchev–Trinajstić information content (AvgIpc) is 3.33. The summed E-state index contributed by atoms with van der Waals surface area (Å²) in [7, 11) is -4.40. The average molecular weight is 626 g/mol. The first-order valence-corrected chi connectivity index (χ1v) is 14.4. The Morgan fingerprint density at radius 3 is 2.37 bits per heavy atom. The first-order chi connectivity index (χ1) is 18.9. The quantitative estimate of drug-likeness (QED) is 0.224. The number of ketones is 1. The number of nitrogens with zero attached hydrogens (tertiary/aromatic N) is 2. The van der Waals surface area contributed by atoms with Crippen molar-refractivity contribution >= 4 is 62.4 Å². The van der Waals surface area contributed by atoms with Crippen LogP contribution in [0.4, 0.5) is 14.5 Å². The van der Waals surface area contributed by atoms with Gasteiger partial charge in [0.25, 0.3) is 5.91 Å². The monoisotopic (exact) mass is 624 g/mol. The number of carbonyl (C=O) groups is 2. The molecule has 0 aliphatic heterocycles.